The molecule has 3 rings (SSSR count). The smallest absolute Gasteiger partial charge is 0.261 e. The summed E-state index contributed by atoms with van der Waals surface area (Å²) in [4.78, 5) is 17.1. The van der Waals surface area contributed by atoms with Gasteiger partial charge >= 0.3 is 0 Å². The third-order valence-electron chi connectivity index (χ3n) is 3.87. The molecule has 0 atom stereocenters. The van der Waals surface area contributed by atoms with Crippen molar-refractivity contribution in [3.05, 3.63) is 64.2 Å². The van der Waals surface area contributed by atoms with Gasteiger partial charge in [-0.3, -0.25) is 9.36 Å². The van der Waals surface area contributed by atoms with Crippen molar-refractivity contribution in [2.45, 2.75) is 13.5 Å². The van der Waals surface area contributed by atoms with Crippen molar-refractivity contribution in [2.75, 3.05) is 7.11 Å². The Bertz CT molecular complexity index is 974. The van der Waals surface area contributed by atoms with Gasteiger partial charge in [0, 0.05) is 12.1 Å². The molecule has 0 unspecified atom stereocenters. The Labute approximate surface area is 139 Å². The van der Waals surface area contributed by atoms with Gasteiger partial charge in [-0.05, 0) is 37.3 Å². The third kappa shape index (κ3) is 2.76. The lowest BCUT2D eigenvalue weighted by Crippen LogP contribution is -2.22. The van der Waals surface area contributed by atoms with E-state index in [0.29, 0.717) is 34.6 Å². The van der Waals surface area contributed by atoms with Crippen LogP contribution in [0.15, 0.2) is 47.3 Å². The van der Waals surface area contributed by atoms with Crippen molar-refractivity contribution in [1.82, 2.24) is 9.55 Å². The maximum Gasteiger partial charge on any atom is 0.261 e. The van der Waals surface area contributed by atoms with Gasteiger partial charge in [0.15, 0.2) is 11.5 Å². The highest BCUT2D eigenvalue weighted by molar-refractivity contribution is 5.79. The van der Waals surface area contributed by atoms with Crippen LogP contribution in [-0.4, -0.2) is 21.8 Å². The van der Waals surface area contributed by atoms with Crippen molar-refractivity contribution in [2.24, 2.45) is 0 Å². The number of para-hydroxylation sites is 2. The van der Waals surface area contributed by atoms with E-state index in [0.717, 1.165) is 0 Å². The summed E-state index contributed by atoms with van der Waals surface area (Å²) in [5.74, 6) is 1.00. The van der Waals surface area contributed by atoms with E-state index in [2.05, 4.69) is 4.98 Å². The predicted molar refractivity (Wildman–Crippen MR) is 95.3 cm³/mol. The Hall–Kier alpha value is -3.08. The van der Waals surface area contributed by atoms with Crippen LogP contribution in [0.3, 0.4) is 0 Å². The summed E-state index contributed by atoms with van der Waals surface area (Å²) in [5.41, 5.74) is 1.18. The number of phenols is 1. The second-order valence-corrected chi connectivity index (χ2v) is 5.27. The van der Waals surface area contributed by atoms with Crippen LogP contribution >= 0.6 is 0 Å². The standard InChI is InChI=1S/C19H18N2O3/c1-3-21-17(20-15-9-5-4-8-14(15)19(21)23)12-11-13-7-6-10-16(24-2)18(13)22/h4-12,22H,3H2,1-2H3. The Morgan fingerprint density at radius 2 is 1.96 bits per heavy atom. The van der Waals surface area contributed by atoms with Crippen molar-refractivity contribution >= 4 is 23.1 Å². The number of rotatable bonds is 4. The zero-order chi connectivity index (χ0) is 17.1. The second-order valence-electron chi connectivity index (χ2n) is 5.27. The monoisotopic (exact) mass is 322 g/mol. The molecule has 0 aliphatic carbocycles. The maximum absolute atomic E-state index is 12.6. The lowest BCUT2D eigenvalue weighted by molar-refractivity contribution is 0.373. The summed E-state index contributed by atoms with van der Waals surface area (Å²) in [6.45, 7) is 2.42. The van der Waals surface area contributed by atoms with Crippen LogP contribution in [0, 0.1) is 0 Å². The average Bonchev–Trinajstić information content (AvgIpc) is 2.61. The van der Waals surface area contributed by atoms with Crippen LogP contribution in [0.4, 0.5) is 0 Å². The molecule has 5 heteroatoms. The number of hydrogen-bond acceptors (Lipinski definition) is 4. The van der Waals surface area contributed by atoms with E-state index in [1.54, 1.807) is 41.0 Å². The fraction of sp³-hybridized carbons (Fsp3) is 0.158. The summed E-state index contributed by atoms with van der Waals surface area (Å²) < 4.78 is 6.71. The third-order valence-corrected chi connectivity index (χ3v) is 3.87. The van der Waals surface area contributed by atoms with E-state index in [9.17, 15) is 9.90 Å². The number of aromatic nitrogens is 2. The number of aromatic hydroxyl groups is 1. The van der Waals surface area contributed by atoms with Gasteiger partial charge in [0.05, 0.1) is 18.0 Å². The van der Waals surface area contributed by atoms with Crippen LogP contribution in [-0.2, 0) is 6.54 Å². The minimum Gasteiger partial charge on any atom is -0.504 e. The lowest BCUT2D eigenvalue weighted by atomic mass is 10.1. The van der Waals surface area contributed by atoms with Crippen LogP contribution in [0.2, 0.25) is 0 Å². The number of ether oxygens (including phenoxy) is 1. The molecule has 0 saturated heterocycles. The molecule has 0 fully saturated rings. The molecular weight excluding hydrogens is 304 g/mol. The first-order chi connectivity index (χ1) is 11.7. The highest BCUT2D eigenvalue weighted by Crippen LogP contribution is 2.30. The first-order valence-corrected chi connectivity index (χ1v) is 7.69. The van der Waals surface area contributed by atoms with Gasteiger partial charge in [-0.25, -0.2) is 4.98 Å². The highest BCUT2D eigenvalue weighted by atomic mass is 16.5. The van der Waals surface area contributed by atoms with Crippen molar-refractivity contribution in [3.8, 4) is 11.5 Å². The van der Waals surface area contributed by atoms with Gasteiger partial charge in [-0.1, -0.05) is 24.3 Å². The predicted octanol–water partition coefficient (Wildman–Crippen LogP) is 3.30. The average molecular weight is 322 g/mol. The maximum atomic E-state index is 12.6. The second kappa shape index (κ2) is 6.58. The van der Waals surface area contributed by atoms with E-state index < -0.39 is 0 Å². The zero-order valence-corrected chi connectivity index (χ0v) is 13.6. The quantitative estimate of drug-likeness (QED) is 0.800. The van der Waals surface area contributed by atoms with Gasteiger partial charge < -0.3 is 9.84 Å². The molecule has 1 N–H and O–H groups in total. The van der Waals surface area contributed by atoms with Gasteiger partial charge in [0.2, 0.25) is 0 Å². The molecule has 0 aliphatic heterocycles. The van der Waals surface area contributed by atoms with Crippen molar-refractivity contribution in [3.63, 3.8) is 0 Å². The van der Waals surface area contributed by atoms with Gasteiger partial charge in [-0.2, -0.15) is 0 Å². The van der Waals surface area contributed by atoms with Crippen molar-refractivity contribution in [1.29, 1.82) is 0 Å². The molecule has 5 nitrogen and oxygen atoms in total. The first-order valence-electron chi connectivity index (χ1n) is 7.69. The van der Waals surface area contributed by atoms with Crippen LogP contribution in [0.25, 0.3) is 23.1 Å². The van der Waals surface area contributed by atoms with E-state index in [-0.39, 0.29) is 11.3 Å². The molecule has 0 spiro atoms. The summed E-state index contributed by atoms with van der Waals surface area (Å²) in [6.07, 6.45) is 3.45. The number of hydrogen-bond donors (Lipinski definition) is 1. The van der Waals surface area contributed by atoms with Gasteiger partial charge in [-0.15, -0.1) is 0 Å². The minimum atomic E-state index is -0.0717. The minimum absolute atomic E-state index is 0.0578. The molecular formula is C19H18N2O3. The van der Waals surface area contributed by atoms with E-state index in [1.807, 2.05) is 25.1 Å². The number of fused-ring (bicyclic) bond motifs is 1. The summed E-state index contributed by atoms with van der Waals surface area (Å²) in [5, 5.41) is 10.8. The largest absolute Gasteiger partial charge is 0.504 e. The molecule has 3 aromatic rings. The number of nitrogens with zero attached hydrogens (tertiary/aromatic N) is 2. The zero-order valence-electron chi connectivity index (χ0n) is 13.6. The summed E-state index contributed by atoms with van der Waals surface area (Å²) >= 11 is 0. The Kier molecular flexibility index (Phi) is 4.33. The van der Waals surface area contributed by atoms with Gasteiger partial charge in [0.25, 0.3) is 5.56 Å². The topological polar surface area (TPSA) is 64.3 Å². The molecule has 0 saturated carbocycles. The van der Waals surface area contributed by atoms with E-state index in [4.69, 9.17) is 4.74 Å². The molecule has 0 radical (unpaired) electrons. The molecule has 1 aromatic heterocycles. The summed E-state index contributed by atoms with van der Waals surface area (Å²) in [6, 6.07) is 12.5. The van der Waals surface area contributed by atoms with Crippen LogP contribution in [0.1, 0.15) is 18.3 Å². The molecule has 1 heterocycles. The number of benzene rings is 2. The Morgan fingerprint density at radius 1 is 1.17 bits per heavy atom. The molecule has 24 heavy (non-hydrogen) atoms. The van der Waals surface area contributed by atoms with Crippen LogP contribution < -0.4 is 10.3 Å². The first kappa shape index (κ1) is 15.8. The molecule has 0 bridgehead atoms. The summed E-state index contributed by atoms with van der Waals surface area (Å²) in [7, 11) is 1.50. The fourth-order valence-corrected chi connectivity index (χ4v) is 2.62. The Balaban J connectivity index is 2.12. The number of methoxy groups -OCH3 is 1. The lowest BCUT2D eigenvalue weighted by Gasteiger charge is -2.09. The molecule has 122 valence electrons. The van der Waals surface area contributed by atoms with Crippen molar-refractivity contribution < 1.29 is 9.84 Å². The normalized spacial score (nSPS) is 11.2. The van der Waals surface area contributed by atoms with Crippen LogP contribution in [0.5, 0.6) is 11.5 Å². The van der Waals surface area contributed by atoms with E-state index >= 15 is 0 Å². The molecule has 0 aliphatic rings. The molecule has 2 aromatic carbocycles. The highest BCUT2D eigenvalue weighted by Gasteiger charge is 2.08. The van der Waals surface area contributed by atoms with E-state index in [1.165, 1.54) is 7.11 Å². The SMILES string of the molecule is CCn1c(C=Cc2cccc(OC)c2O)nc2ccccc2c1=O. The van der Waals surface area contributed by atoms with Gasteiger partial charge in [0.1, 0.15) is 5.82 Å². The fourth-order valence-electron chi connectivity index (χ4n) is 2.62. The Morgan fingerprint density at radius 3 is 2.71 bits per heavy atom. The molecule has 0 amide bonds. The number of phenolic OH excluding ortho intramolecular Hbond substituents is 1.